The number of hydrogen-bond acceptors (Lipinski definition) is 5. The lowest BCUT2D eigenvalue weighted by molar-refractivity contribution is -0.143. The molecule has 0 aliphatic rings. The number of thioether (sulfide) groups is 1. The molecule has 6 heteroatoms. The van der Waals surface area contributed by atoms with E-state index in [0.717, 1.165) is 11.3 Å². The number of esters is 1. The van der Waals surface area contributed by atoms with Gasteiger partial charge in [0.1, 0.15) is 5.65 Å². The predicted molar refractivity (Wildman–Crippen MR) is 83.5 cm³/mol. The lowest BCUT2D eigenvalue weighted by Crippen LogP contribution is -2.17. The zero-order valence-electron chi connectivity index (χ0n) is 12.3. The molecule has 2 rings (SSSR count). The summed E-state index contributed by atoms with van der Waals surface area (Å²) in [7, 11) is 1.39. The maximum Gasteiger partial charge on any atom is 0.309 e. The largest absolute Gasteiger partial charge is 0.469 e. The van der Waals surface area contributed by atoms with Gasteiger partial charge in [-0.05, 0) is 18.6 Å². The number of ether oxygens (including phenoxy) is 1. The molecule has 0 radical (unpaired) electrons. The third-order valence-corrected chi connectivity index (χ3v) is 4.40. The molecule has 2 aromatic rings. The summed E-state index contributed by atoms with van der Waals surface area (Å²) in [6.07, 6.45) is 1.72. The van der Waals surface area contributed by atoms with Gasteiger partial charge in [-0.2, -0.15) is 11.8 Å². The summed E-state index contributed by atoms with van der Waals surface area (Å²) in [6, 6.07) is 5.30. The number of carbonyl (C=O) groups is 1. The maximum absolute atomic E-state index is 12.0. The monoisotopic (exact) mass is 306 g/mol. The molecule has 0 fully saturated rings. The number of carbonyl (C=O) groups excluding carboxylic acids is 1. The van der Waals surface area contributed by atoms with Crippen LogP contribution in [0.2, 0.25) is 0 Å². The number of aryl methyl sites for hydroxylation is 1. The van der Waals surface area contributed by atoms with Gasteiger partial charge < -0.3 is 4.74 Å². The van der Waals surface area contributed by atoms with Crippen LogP contribution in [0.25, 0.3) is 5.65 Å². The van der Waals surface area contributed by atoms with Crippen molar-refractivity contribution < 1.29 is 9.53 Å². The lowest BCUT2D eigenvalue weighted by Gasteiger charge is -2.09. The SMILES string of the molecule is COC(=O)C(C)CSCc1cc(=O)n2cccc(C)c2n1. The average molecular weight is 306 g/mol. The van der Waals surface area contributed by atoms with E-state index in [0.29, 0.717) is 17.2 Å². The van der Waals surface area contributed by atoms with Gasteiger partial charge in [-0.15, -0.1) is 0 Å². The maximum atomic E-state index is 12.0. The zero-order chi connectivity index (χ0) is 15.4. The Morgan fingerprint density at radius 1 is 1.52 bits per heavy atom. The first-order valence-electron chi connectivity index (χ1n) is 6.66. The van der Waals surface area contributed by atoms with Crippen molar-refractivity contribution in [3.63, 3.8) is 0 Å². The van der Waals surface area contributed by atoms with Gasteiger partial charge in [-0.25, -0.2) is 4.98 Å². The van der Waals surface area contributed by atoms with Crippen molar-refractivity contribution in [2.45, 2.75) is 19.6 Å². The summed E-state index contributed by atoms with van der Waals surface area (Å²) in [4.78, 5) is 27.9. The van der Waals surface area contributed by atoms with Crippen molar-refractivity contribution in [1.82, 2.24) is 9.38 Å². The summed E-state index contributed by atoms with van der Waals surface area (Å²) >= 11 is 1.57. The first-order chi connectivity index (χ1) is 10.0. The highest BCUT2D eigenvalue weighted by Gasteiger charge is 2.13. The number of aromatic nitrogens is 2. The zero-order valence-corrected chi connectivity index (χ0v) is 13.1. The van der Waals surface area contributed by atoms with Gasteiger partial charge in [-0.1, -0.05) is 13.0 Å². The van der Waals surface area contributed by atoms with Gasteiger partial charge in [0, 0.05) is 23.8 Å². The minimum absolute atomic E-state index is 0.0830. The molecule has 0 amide bonds. The van der Waals surface area contributed by atoms with Gasteiger partial charge in [0.05, 0.1) is 18.7 Å². The molecular formula is C15H18N2O3S. The van der Waals surface area contributed by atoms with Gasteiger partial charge in [0.15, 0.2) is 0 Å². The Bertz CT molecular complexity index is 712. The van der Waals surface area contributed by atoms with Crippen molar-refractivity contribution in [3.8, 4) is 0 Å². The van der Waals surface area contributed by atoms with Crippen LogP contribution >= 0.6 is 11.8 Å². The first-order valence-corrected chi connectivity index (χ1v) is 7.82. The van der Waals surface area contributed by atoms with Crippen LogP contribution in [0.4, 0.5) is 0 Å². The van der Waals surface area contributed by atoms with Crippen molar-refractivity contribution in [3.05, 3.63) is 46.0 Å². The third kappa shape index (κ3) is 3.64. The first kappa shape index (κ1) is 15.6. The van der Waals surface area contributed by atoms with Crippen molar-refractivity contribution in [1.29, 1.82) is 0 Å². The number of fused-ring (bicyclic) bond motifs is 1. The fourth-order valence-corrected chi connectivity index (χ4v) is 2.96. The lowest BCUT2D eigenvalue weighted by atomic mass is 10.2. The van der Waals surface area contributed by atoms with E-state index >= 15 is 0 Å². The van der Waals surface area contributed by atoms with E-state index < -0.39 is 0 Å². The molecule has 5 nitrogen and oxygen atoms in total. The number of rotatable bonds is 5. The van der Waals surface area contributed by atoms with Gasteiger partial charge >= 0.3 is 5.97 Å². The number of methoxy groups -OCH3 is 1. The Morgan fingerprint density at radius 3 is 3.00 bits per heavy atom. The molecule has 0 N–H and O–H groups in total. The minimum atomic E-state index is -0.218. The van der Waals surface area contributed by atoms with Gasteiger partial charge in [-0.3, -0.25) is 14.0 Å². The van der Waals surface area contributed by atoms with Crippen LogP contribution in [0.3, 0.4) is 0 Å². The number of pyridine rings is 1. The molecule has 0 bridgehead atoms. The summed E-state index contributed by atoms with van der Waals surface area (Å²) in [5.74, 6) is 0.858. The van der Waals surface area contributed by atoms with E-state index in [9.17, 15) is 9.59 Å². The minimum Gasteiger partial charge on any atom is -0.469 e. The second-order valence-corrected chi connectivity index (χ2v) is 5.94. The van der Waals surface area contributed by atoms with Crippen molar-refractivity contribution in [2.75, 3.05) is 12.9 Å². The van der Waals surface area contributed by atoms with E-state index in [1.807, 2.05) is 26.0 Å². The summed E-state index contributed by atoms with van der Waals surface area (Å²) in [5.41, 5.74) is 2.29. The highest BCUT2D eigenvalue weighted by Crippen LogP contribution is 2.15. The Morgan fingerprint density at radius 2 is 2.29 bits per heavy atom. The Labute approximate surface area is 127 Å². The molecule has 0 aliphatic carbocycles. The van der Waals surface area contributed by atoms with Crippen LogP contribution < -0.4 is 5.56 Å². The summed E-state index contributed by atoms with van der Waals surface area (Å²) in [6.45, 7) is 3.75. The van der Waals surface area contributed by atoms with E-state index in [2.05, 4.69) is 9.72 Å². The predicted octanol–water partition coefficient (Wildman–Crippen LogP) is 2.05. The second kappa shape index (κ2) is 6.76. The molecule has 0 saturated heterocycles. The standard InChI is InChI=1S/C15H18N2O3S/c1-10-5-4-6-17-13(18)7-12(16-14(10)17)9-21-8-11(2)15(19)20-3/h4-7,11H,8-9H2,1-3H3. The molecule has 2 aromatic heterocycles. The Hall–Kier alpha value is -1.82. The highest BCUT2D eigenvalue weighted by atomic mass is 32.2. The molecule has 0 aromatic carbocycles. The van der Waals surface area contributed by atoms with Crippen LogP contribution in [-0.2, 0) is 15.3 Å². The molecule has 112 valence electrons. The van der Waals surface area contributed by atoms with Gasteiger partial charge in [0.2, 0.25) is 0 Å². The molecule has 1 unspecified atom stereocenters. The van der Waals surface area contributed by atoms with E-state index in [-0.39, 0.29) is 17.4 Å². The molecular weight excluding hydrogens is 288 g/mol. The second-order valence-electron chi connectivity index (χ2n) is 4.91. The fraction of sp³-hybridized carbons (Fsp3) is 0.400. The normalized spacial score (nSPS) is 12.3. The smallest absolute Gasteiger partial charge is 0.309 e. The van der Waals surface area contributed by atoms with Crippen LogP contribution in [0.1, 0.15) is 18.2 Å². The molecule has 1 atom stereocenters. The highest BCUT2D eigenvalue weighted by molar-refractivity contribution is 7.98. The Balaban J connectivity index is 2.11. The average Bonchev–Trinajstić information content (AvgIpc) is 2.47. The van der Waals surface area contributed by atoms with Gasteiger partial charge in [0.25, 0.3) is 5.56 Å². The Kier molecular flexibility index (Phi) is 5.01. The van der Waals surface area contributed by atoms with Crippen LogP contribution in [-0.4, -0.2) is 28.2 Å². The van der Waals surface area contributed by atoms with E-state index in [1.54, 1.807) is 28.4 Å². The van der Waals surface area contributed by atoms with Crippen molar-refractivity contribution >= 4 is 23.4 Å². The van der Waals surface area contributed by atoms with Crippen molar-refractivity contribution in [2.24, 2.45) is 5.92 Å². The molecule has 0 spiro atoms. The quantitative estimate of drug-likeness (QED) is 0.791. The molecule has 0 saturated carbocycles. The molecule has 21 heavy (non-hydrogen) atoms. The number of nitrogens with zero attached hydrogens (tertiary/aromatic N) is 2. The summed E-state index contributed by atoms with van der Waals surface area (Å²) in [5, 5.41) is 0. The molecule has 2 heterocycles. The van der Waals surface area contributed by atoms with Crippen LogP contribution in [0.5, 0.6) is 0 Å². The van der Waals surface area contributed by atoms with E-state index in [1.165, 1.54) is 7.11 Å². The number of hydrogen-bond donors (Lipinski definition) is 0. The third-order valence-electron chi connectivity index (χ3n) is 3.16. The summed E-state index contributed by atoms with van der Waals surface area (Å²) < 4.78 is 6.23. The molecule has 0 aliphatic heterocycles. The van der Waals surface area contributed by atoms with Crippen LogP contribution in [0.15, 0.2) is 29.2 Å². The fourth-order valence-electron chi connectivity index (χ4n) is 1.99. The van der Waals surface area contributed by atoms with Crippen LogP contribution in [0, 0.1) is 12.8 Å². The van der Waals surface area contributed by atoms with E-state index in [4.69, 9.17) is 0 Å². The topological polar surface area (TPSA) is 60.7 Å².